The standard InChI is InChI=1S/C13H17N/c1-10(2)9-13(14-4)12-7-5-11(3)6-8-12/h5-9,14H,1H2,2-4H3/b13-9-. The van der Waals surface area contributed by atoms with Crippen molar-refractivity contribution in [2.45, 2.75) is 13.8 Å². The molecule has 74 valence electrons. The van der Waals surface area contributed by atoms with Gasteiger partial charge in [-0.25, -0.2) is 0 Å². The van der Waals surface area contributed by atoms with Crippen LogP contribution in [0.2, 0.25) is 0 Å². The summed E-state index contributed by atoms with van der Waals surface area (Å²) in [5.41, 5.74) is 4.63. The van der Waals surface area contributed by atoms with Gasteiger partial charge >= 0.3 is 0 Å². The normalized spacial score (nSPS) is 11.2. The maximum atomic E-state index is 3.87. The lowest BCUT2D eigenvalue weighted by molar-refractivity contribution is 1.12. The lowest BCUT2D eigenvalue weighted by Crippen LogP contribution is -2.04. The van der Waals surface area contributed by atoms with Gasteiger partial charge in [0, 0.05) is 12.7 Å². The van der Waals surface area contributed by atoms with Crippen molar-refractivity contribution < 1.29 is 0 Å². The van der Waals surface area contributed by atoms with Gasteiger partial charge in [-0.05, 0) is 25.5 Å². The van der Waals surface area contributed by atoms with Crippen molar-refractivity contribution >= 4 is 5.70 Å². The minimum absolute atomic E-state index is 1.05. The topological polar surface area (TPSA) is 12.0 Å². The molecule has 1 rings (SSSR count). The molecule has 1 aromatic rings. The largest absolute Gasteiger partial charge is 0.388 e. The molecule has 0 unspecified atom stereocenters. The number of rotatable bonds is 3. The van der Waals surface area contributed by atoms with E-state index in [1.807, 2.05) is 20.0 Å². The summed E-state index contributed by atoms with van der Waals surface area (Å²) in [6, 6.07) is 8.44. The predicted octanol–water partition coefficient (Wildman–Crippen LogP) is 3.13. The van der Waals surface area contributed by atoms with Crippen LogP contribution in [0, 0.1) is 6.92 Å². The van der Waals surface area contributed by atoms with E-state index in [4.69, 9.17) is 0 Å². The smallest absolute Gasteiger partial charge is 0.0413 e. The van der Waals surface area contributed by atoms with Crippen molar-refractivity contribution in [1.82, 2.24) is 5.32 Å². The molecule has 0 aliphatic heterocycles. The zero-order valence-corrected chi connectivity index (χ0v) is 9.09. The SMILES string of the molecule is C=C(C)/C=C(\NC)c1ccc(C)cc1. The summed E-state index contributed by atoms with van der Waals surface area (Å²) < 4.78 is 0. The van der Waals surface area contributed by atoms with Gasteiger partial charge in [0.25, 0.3) is 0 Å². The Bertz CT molecular complexity index is 344. The van der Waals surface area contributed by atoms with Crippen LogP contribution in [0.15, 0.2) is 42.5 Å². The van der Waals surface area contributed by atoms with Crippen LogP contribution in [0.3, 0.4) is 0 Å². The second-order valence-corrected chi connectivity index (χ2v) is 3.52. The fourth-order valence-electron chi connectivity index (χ4n) is 1.28. The Morgan fingerprint density at radius 1 is 1.29 bits per heavy atom. The fraction of sp³-hybridized carbons (Fsp3) is 0.231. The molecule has 1 N–H and O–H groups in total. The Morgan fingerprint density at radius 2 is 1.86 bits per heavy atom. The molecular weight excluding hydrogens is 170 g/mol. The first-order chi connectivity index (χ1) is 6.63. The molecule has 0 spiro atoms. The summed E-state index contributed by atoms with van der Waals surface area (Å²) in [7, 11) is 1.93. The molecule has 0 saturated carbocycles. The minimum atomic E-state index is 1.05. The van der Waals surface area contributed by atoms with Gasteiger partial charge in [-0.15, -0.1) is 0 Å². The summed E-state index contributed by atoms with van der Waals surface area (Å²) in [5.74, 6) is 0. The molecule has 0 bridgehead atoms. The van der Waals surface area contributed by atoms with Crippen LogP contribution < -0.4 is 5.32 Å². The third-order valence-corrected chi connectivity index (χ3v) is 2.02. The molecule has 1 heteroatoms. The average Bonchev–Trinajstić information content (AvgIpc) is 2.15. The van der Waals surface area contributed by atoms with Crippen molar-refractivity contribution in [3.05, 3.63) is 53.6 Å². The average molecular weight is 187 g/mol. The quantitative estimate of drug-likeness (QED) is 0.717. The minimum Gasteiger partial charge on any atom is -0.388 e. The van der Waals surface area contributed by atoms with E-state index in [0.29, 0.717) is 0 Å². The number of benzene rings is 1. The van der Waals surface area contributed by atoms with Crippen molar-refractivity contribution in [3.8, 4) is 0 Å². The van der Waals surface area contributed by atoms with Crippen LogP contribution >= 0.6 is 0 Å². The first kappa shape index (κ1) is 10.6. The highest BCUT2D eigenvalue weighted by Gasteiger charge is 1.97. The van der Waals surface area contributed by atoms with E-state index < -0.39 is 0 Å². The van der Waals surface area contributed by atoms with E-state index in [9.17, 15) is 0 Å². The van der Waals surface area contributed by atoms with Gasteiger partial charge in [0.2, 0.25) is 0 Å². The molecule has 14 heavy (non-hydrogen) atoms. The molecule has 0 atom stereocenters. The molecule has 0 saturated heterocycles. The maximum Gasteiger partial charge on any atom is 0.0413 e. The summed E-state index contributed by atoms with van der Waals surface area (Å²) >= 11 is 0. The number of hydrogen-bond donors (Lipinski definition) is 1. The second-order valence-electron chi connectivity index (χ2n) is 3.52. The first-order valence-electron chi connectivity index (χ1n) is 4.75. The van der Waals surface area contributed by atoms with Crippen LogP contribution in [0.1, 0.15) is 18.1 Å². The van der Waals surface area contributed by atoms with Crippen molar-refractivity contribution in [1.29, 1.82) is 0 Å². The van der Waals surface area contributed by atoms with Crippen molar-refractivity contribution in [2.24, 2.45) is 0 Å². The van der Waals surface area contributed by atoms with Crippen LogP contribution in [0.25, 0.3) is 5.70 Å². The van der Waals surface area contributed by atoms with Gasteiger partial charge in [-0.2, -0.15) is 0 Å². The first-order valence-corrected chi connectivity index (χ1v) is 4.75. The van der Waals surface area contributed by atoms with Gasteiger partial charge in [-0.1, -0.05) is 42.0 Å². The lowest BCUT2D eigenvalue weighted by Gasteiger charge is -2.07. The van der Waals surface area contributed by atoms with E-state index in [1.54, 1.807) is 0 Å². The monoisotopic (exact) mass is 187 g/mol. The lowest BCUT2D eigenvalue weighted by atomic mass is 10.1. The molecule has 0 fully saturated rings. The highest BCUT2D eigenvalue weighted by Crippen LogP contribution is 2.13. The van der Waals surface area contributed by atoms with Gasteiger partial charge < -0.3 is 5.32 Å². The highest BCUT2D eigenvalue weighted by molar-refractivity contribution is 5.66. The molecule has 0 aliphatic rings. The van der Waals surface area contributed by atoms with Gasteiger partial charge in [-0.3, -0.25) is 0 Å². The number of hydrogen-bond acceptors (Lipinski definition) is 1. The number of nitrogens with one attached hydrogen (secondary N) is 1. The Labute approximate surface area is 86.2 Å². The zero-order valence-electron chi connectivity index (χ0n) is 9.09. The molecular formula is C13H17N. The molecule has 0 amide bonds. The molecule has 0 heterocycles. The van der Waals surface area contributed by atoms with Crippen LogP contribution in [0.5, 0.6) is 0 Å². The Balaban J connectivity index is 3.01. The summed E-state index contributed by atoms with van der Waals surface area (Å²) in [4.78, 5) is 0. The highest BCUT2D eigenvalue weighted by atomic mass is 14.8. The van der Waals surface area contributed by atoms with Gasteiger partial charge in [0.05, 0.1) is 0 Å². The number of allylic oxidation sites excluding steroid dienone is 2. The summed E-state index contributed by atoms with van der Waals surface area (Å²) in [5, 5.41) is 3.17. The van der Waals surface area contributed by atoms with Crippen LogP contribution in [-0.2, 0) is 0 Å². The summed E-state index contributed by atoms with van der Waals surface area (Å²) in [6.07, 6.45) is 2.05. The second kappa shape index (κ2) is 4.66. The van der Waals surface area contributed by atoms with Crippen LogP contribution in [0.4, 0.5) is 0 Å². The van der Waals surface area contributed by atoms with Crippen molar-refractivity contribution in [2.75, 3.05) is 7.05 Å². The van der Waals surface area contributed by atoms with Crippen LogP contribution in [-0.4, -0.2) is 7.05 Å². The fourth-order valence-corrected chi connectivity index (χ4v) is 1.28. The molecule has 1 nitrogen and oxygen atoms in total. The Kier molecular flexibility index (Phi) is 3.52. The molecule has 0 aromatic heterocycles. The third-order valence-electron chi connectivity index (χ3n) is 2.02. The molecule has 1 aromatic carbocycles. The predicted molar refractivity (Wildman–Crippen MR) is 63.0 cm³/mol. The third kappa shape index (κ3) is 2.77. The zero-order chi connectivity index (χ0) is 10.6. The molecule has 0 radical (unpaired) electrons. The van der Waals surface area contributed by atoms with Gasteiger partial charge in [0.1, 0.15) is 0 Å². The van der Waals surface area contributed by atoms with E-state index in [2.05, 4.69) is 43.1 Å². The van der Waals surface area contributed by atoms with E-state index in [-0.39, 0.29) is 0 Å². The molecule has 0 aliphatic carbocycles. The van der Waals surface area contributed by atoms with Crippen molar-refractivity contribution in [3.63, 3.8) is 0 Å². The van der Waals surface area contributed by atoms with E-state index >= 15 is 0 Å². The maximum absolute atomic E-state index is 3.87. The van der Waals surface area contributed by atoms with Gasteiger partial charge in [0.15, 0.2) is 0 Å². The summed E-state index contributed by atoms with van der Waals surface area (Å²) in [6.45, 7) is 7.95. The van der Waals surface area contributed by atoms with E-state index in [1.165, 1.54) is 11.1 Å². The number of aryl methyl sites for hydroxylation is 1. The Hall–Kier alpha value is -1.50. The van der Waals surface area contributed by atoms with E-state index in [0.717, 1.165) is 11.3 Å². The Morgan fingerprint density at radius 3 is 2.29 bits per heavy atom.